The van der Waals surface area contributed by atoms with Crippen LogP contribution in [0.4, 0.5) is 8.78 Å². The minimum atomic E-state index is -1.27. The maximum absolute atomic E-state index is 13.8. The van der Waals surface area contributed by atoms with E-state index < -0.39 is 17.6 Å². The molecule has 2 rings (SSSR count). The van der Waals surface area contributed by atoms with Crippen molar-refractivity contribution in [3.05, 3.63) is 63.6 Å². The van der Waals surface area contributed by atoms with E-state index in [2.05, 4.69) is 15.9 Å². The first kappa shape index (κ1) is 15.0. The summed E-state index contributed by atoms with van der Waals surface area (Å²) in [6, 6.07) is 9.18. The molecule has 0 atom stereocenters. The molecule has 0 aliphatic rings. The quantitative estimate of drug-likeness (QED) is 0.803. The van der Waals surface area contributed by atoms with Gasteiger partial charge in [0.05, 0.1) is 5.56 Å². The molecule has 2 aromatic carbocycles. The SMILES string of the molecule is O=C(O)c1ccc(F)c(F)c1CSc1ccccc1Br. The molecule has 0 bridgehead atoms. The number of halogens is 3. The number of rotatable bonds is 4. The van der Waals surface area contributed by atoms with Crippen LogP contribution in [0.1, 0.15) is 15.9 Å². The van der Waals surface area contributed by atoms with Gasteiger partial charge in [-0.25, -0.2) is 13.6 Å². The van der Waals surface area contributed by atoms with Crippen LogP contribution in [-0.4, -0.2) is 11.1 Å². The maximum atomic E-state index is 13.8. The summed E-state index contributed by atoms with van der Waals surface area (Å²) in [6.45, 7) is 0. The molecule has 6 heteroatoms. The Bertz CT molecular complexity index is 662. The standard InChI is InChI=1S/C14H9BrF2O2S/c15-10-3-1-2-4-12(10)20-7-9-8(14(18)19)5-6-11(16)13(9)17/h1-6H,7H2,(H,18,19). The van der Waals surface area contributed by atoms with Gasteiger partial charge in [-0.3, -0.25) is 0 Å². The van der Waals surface area contributed by atoms with Crippen molar-refractivity contribution in [1.82, 2.24) is 0 Å². The molecule has 0 unspecified atom stereocenters. The van der Waals surface area contributed by atoms with E-state index in [9.17, 15) is 13.6 Å². The molecule has 0 aliphatic heterocycles. The number of aromatic carboxylic acids is 1. The Morgan fingerprint density at radius 3 is 2.55 bits per heavy atom. The molecule has 0 saturated carbocycles. The number of hydrogen-bond acceptors (Lipinski definition) is 2. The van der Waals surface area contributed by atoms with Gasteiger partial charge in [0.1, 0.15) is 0 Å². The second-order valence-electron chi connectivity index (χ2n) is 3.91. The molecule has 104 valence electrons. The summed E-state index contributed by atoms with van der Waals surface area (Å²) in [7, 11) is 0. The second kappa shape index (κ2) is 6.37. The van der Waals surface area contributed by atoms with Crippen molar-refractivity contribution in [2.24, 2.45) is 0 Å². The average Bonchev–Trinajstić information content (AvgIpc) is 2.41. The number of carbonyl (C=O) groups is 1. The predicted octanol–water partition coefficient (Wildman–Crippen LogP) is 4.72. The molecular weight excluding hydrogens is 350 g/mol. The van der Waals surface area contributed by atoms with Crippen LogP contribution in [0.15, 0.2) is 45.8 Å². The van der Waals surface area contributed by atoms with Crippen LogP contribution < -0.4 is 0 Å². The van der Waals surface area contributed by atoms with Gasteiger partial charge in [-0.2, -0.15) is 0 Å². The fourth-order valence-corrected chi connectivity index (χ4v) is 3.24. The topological polar surface area (TPSA) is 37.3 Å². The van der Waals surface area contributed by atoms with E-state index in [1.807, 2.05) is 24.3 Å². The van der Waals surface area contributed by atoms with Gasteiger partial charge in [0.15, 0.2) is 11.6 Å². The summed E-state index contributed by atoms with van der Waals surface area (Å²) in [6.07, 6.45) is 0. The molecule has 0 radical (unpaired) electrons. The first-order valence-electron chi connectivity index (χ1n) is 5.58. The van der Waals surface area contributed by atoms with Gasteiger partial charge in [-0.15, -0.1) is 11.8 Å². The Morgan fingerprint density at radius 2 is 1.90 bits per heavy atom. The highest BCUT2D eigenvalue weighted by Crippen LogP contribution is 2.31. The Kier molecular flexibility index (Phi) is 4.77. The molecule has 0 spiro atoms. The first-order valence-corrected chi connectivity index (χ1v) is 7.36. The average molecular weight is 359 g/mol. The van der Waals surface area contributed by atoms with E-state index in [0.717, 1.165) is 21.5 Å². The van der Waals surface area contributed by atoms with Crippen molar-refractivity contribution in [2.75, 3.05) is 0 Å². The first-order chi connectivity index (χ1) is 9.50. The smallest absolute Gasteiger partial charge is 0.336 e. The molecule has 20 heavy (non-hydrogen) atoms. The zero-order chi connectivity index (χ0) is 14.7. The van der Waals surface area contributed by atoms with E-state index in [0.29, 0.717) is 0 Å². The van der Waals surface area contributed by atoms with Gasteiger partial charge in [-0.05, 0) is 40.2 Å². The van der Waals surface area contributed by atoms with E-state index in [1.54, 1.807) is 0 Å². The zero-order valence-corrected chi connectivity index (χ0v) is 12.5. The monoisotopic (exact) mass is 358 g/mol. The molecule has 2 aromatic rings. The largest absolute Gasteiger partial charge is 0.478 e. The summed E-state index contributed by atoms with van der Waals surface area (Å²) in [5.74, 6) is -3.39. The molecule has 0 aliphatic carbocycles. The van der Waals surface area contributed by atoms with Gasteiger partial charge in [0.2, 0.25) is 0 Å². The van der Waals surface area contributed by atoms with Crippen molar-refractivity contribution < 1.29 is 18.7 Å². The number of carboxylic acids is 1. The fraction of sp³-hybridized carbons (Fsp3) is 0.0714. The molecular formula is C14H9BrF2O2S. The van der Waals surface area contributed by atoms with Crippen molar-refractivity contribution in [3.8, 4) is 0 Å². The normalized spacial score (nSPS) is 10.6. The van der Waals surface area contributed by atoms with Crippen LogP contribution in [0.2, 0.25) is 0 Å². The van der Waals surface area contributed by atoms with Crippen LogP contribution >= 0.6 is 27.7 Å². The van der Waals surface area contributed by atoms with E-state index in [1.165, 1.54) is 11.8 Å². The minimum Gasteiger partial charge on any atom is -0.478 e. The molecule has 0 saturated heterocycles. The third-order valence-electron chi connectivity index (χ3n) is 2.64. The predicted molar refractivity (Wildman–Crippen MR) is 77.0 cm³/mol. The lowest BCUT2D eigenvalue weighted by Gasteiger charge is -2.09. The third kappa shape index (κ3) is 3.19. The summed E-state index contributed by atoms with van der Waals surface area (Å²) in [5, 5.41) is 9.03. The number of benzene rings is 2. The molecule has 1 N–H and O–H groups in total. The van der Waals surface area contributed by atoms with Gasteiger partial charge in [0.25, 0.3) is 0 Å². The number of carboxylic acid groups (broad SMARTS) is 1. The highest BCUT2D eigenvalue weighted by molar-refractivity contribution is 9.10. The van der Waals surface area contributed by atoms with Crippen LogP contribution in [0.5, 0.6) is 0 Å². The highest BCUT2D eigenvalue weighted by atomic mass is 79.9. The number of hydrogen-bond donors (Lipinski definition) is 1. The van der Waals surface area contributed by atoms with E-state index in [4.69, 9.17) is 5.11 Å². The molecule has 0 fully saturated rings. The Balaban J connectivity index is 2.31. The summed E-state index contributed by atoms with van der Waals surface area (Å²) in [4.78, 5) is 11.9. The lowest BCUT2D eigenvalue weighted by atomic mass is 10.1. The second-order valence-corrected chi connectivity index (χ2v) is 5.78. The van der Waals surface area contributed by atoms with Crippen molar-refractivity contribution >= 4 is 33.7 Å². The lowest BCUT2D eigenvalue weighted by Crippen LogP contribution is -2.06. The summed E-state index contributed by atoms with van der Waals surface area (Å²) < 4.78 is 27.8. The molecule has 2 nitrogen and oxygen atoms in total. The van der Waals surface area contributed by atoms with Crippen molar-refractivity contribution in [2.45, 2.75) is 10.6 Å². The van der Waals surface area contributed by atoms with Crippen LogP contribution in [-0.2, 0) is 5.75 Å². The zero-order valence-electron chi connectivity index (χ0n) is 10.1. The fourth-order valence-electron chi connectivity index (χ4n) is 1.65. The summed E-state index contributed by atoms with van der Waals surface area (Å²) in [5.41, 5.74) is -0.360. The van der Waals surface area contributed by atoms with Crippen LogP contribution in [0, 0.1) is 11.6 Å². The Morgan fingerprint density at radius 1 is 1.20 bits per heavy atom. The summed E-state index contributed by atoms with van der Waals surface area (Å²) >= 11 is 4.58. The minimum absolute atomic E-state index is 0.0356. The van der Waals surface area contributed by atoms with Gasteiger partial charge < -0.3 is 5.11 Å². The molecule has 0 heterocycles. The molecule has 0 aromatic heterocycles. The van der Waals surface area contributed by atoms with Crippen LogP contribution in [0.25, 0.3) is 0 Å². The van der Waals surface area contributed by atoms with Gasteiger partial charge in [-0.1, -0.05) is 12.1 Å². The Labute approximate surface area is 126 Å². The van der Waals surface area contributed by atoms with Crippen molar-refractivity contribution in [1.29, 1.82) is 0 Å². The maximum Gasteiger partial charge on any atom is 0.336 e. The third-order valence-corrected chi connectivity index (χ3v) is 4.69. The number of thioether (sulfide) groups is 1. The Hall–Kier alpha value is -1.40. The van der Waals surface area contributed by atoms with Gasteiger partial charge >= 0.3 is 5.97 Å². The highest BCUT2D eigenvalue weighted by Gasteiger charge is 2.18. The van der Waals surface area contributed by atoms with Crippen molar-refractivity contribution in [3.63, 3.8) is 0 Å². The van der Waals surface area contributed by atoms with Crippen LogP contribution in [0.3, 0.4) is 0 Å². The van der Waals surface area contributed by atoms with Gasteiger partial charge in [0, 0.05) is 20.7 Å². The van der Waals surface area contributed by atoms with E-state index >= 15 is 0 Å². The van der Waals surface area contributed by atoms with E-state index in [-0.39, 0.29) is 16.9 Å². The molecule has 0 amide bonds. The lowest BCUT2D eigenvalue weighted by molar-refractivity contribution is 0.0695.